The van der Waals surface area contributed by atoms with Gasteiger partial charge in [0.25, 0.3) is 0 Å². The molecule has 0 atom stereocenters. The van der Waals surface area contributed by atoms with Crippen LogP contribution in [0.25, 0.3) is 0 Å². The van der Waals surface area contributed by atoms with E-state index in [9.17, 15) is 18.4 Å². The molecule has 0 saturated heterocycles. The molecular formula is C13H15F2NO3. The molecule has 0 aliphatic carbocycles. The minimum Gasteiger partial charge on any atom is -0.480 e. The van der Waals surface area contributed by atoms with Crippen molar-refractivity contribution in [3.63, 3.8) is 0 Å². The van der Waals surface area contributed by atoms with Gasteiger partial charge in [0.1, 0.15) is 6.54 Å². The zero-order valence-corrected chi connectivity index (χ0v) is 10.5. The SMILES string of the molecule is CCCN(CC(=O)O)C(=O)Cc1cccc(F)c1F. The number of halogens is 2. The second kappa shape index (κ2) is 6.82. The third-order valence-corrected chi connectivity index (χ3v) is 2.55. The molecule has 104 valence electrons. The van der Waals surface area contributed by atoms with Crippen molar-refractivity contribution in [1.82, 2.24) is 4.90 Å². The van der Waals surface area contributed by atoms with Crippen molar-refractivity contribution in [1.29, 1.82) is 0 Å². The Labute approximate surface area is 109 Å². The topological polar surface area (TPSA) is 57.6 Å². The number of hydrogen-bond donors (Lipinski definition) is 1. The summed E-state index contributed by atoms with van der Waals surface area (Å²) in [5.74, 6) is -3.76. The predicted octanol–water partition coefficient (Wildman–Crippen LogP) is 1.83. The fraction of sp³-hybridized carbons (Fsp3) is 0.385. The van der Waals surface area contributed by atoms with Gasteiger partial charge in [0.2, 0.25) is 5.91 Å². The van der Waals surface area contributed by atoms with E-state index in [1.54, 1.807) is 6.92 Å². The molecule has 0 heterocycles. The molecule has 6 heteroatoms. The second-order valence-corrected chi connectivity index (χ2v) is 4.10. The third kappa shape index (κ3) is 4.31. The zero-order chi connectivity index (χ0) is 14.4. The normalized spacial score (nSPS) is 10.3. The summed E-state index contributed by atoms with van der Waals surface area (Å²) in [4.78, 5) is 23.6. The summed E-state index contributed by atoms with van der Waals surface area (Å²) >= 11 is 0. The van der Waals surface area contributed by atoms with Crippen molar-refractivity contribution < 1.29 is 23.5 Å². The number of rotatable bonds is 6. The first kappa shape index (κ1) is 15.1. The first-order valence-corrected chi connectivity index (χ1v) is 5.88. The molecule has 1 aromatic rings. The van der Waals surface area contributed by atoms with Crippen LogP contribution in [0.15, 0.2) is 18.2 Å². The maximum Gasteiger partial charge on any atom is 0.323 e. The third-order valence-electron chi connectivity index (χ3n) is 2.55. The van der Waals surface area contributed by atoms with Gasteiger partial charge in [-0.2, -0.15) is 0 Å². The molecule has 0 unspecified atom stereocenters. The predicted molar refractivity (Wildman–Crippen MR) is 64.6 cm³/mol. The lowest BCUT2D eigenvalue weighted by Crippen LogP contribution is -2.37. The van der Waals surface area contributed by atoms with Gasteiger partial charge in [0.05, 0.1) is 6.42 Å². The van der Waals surface area contributed by atoms with Crippen LogP contribution in [0.4, 0.5) is 8.78 Å². The van der Waals surface area contributed by atoms with E-state index in [1.165, 1.54) is 12.1 Å². The van der Waals surface area contributed by atoms with Crippen LogP contribution in [0.2, 0.25) is 0 Å². The maximum atomic E-state index is 13.4. The average molecular weight is 271 g/mol. The van der Waals surface area contributed by atoms with Gasteiger partial charge in [-0.3, -0.25) is 9.59 Å². The summed E-state index contributed by atoms with van der Waals surface area (Å²) in [6.45, 7) is 1.62. The minimum absolute atomic E-state index is 0.0727. The lowest BCUT2D eigenvalue weighted by atomic mass is 10.1. The molecule has 1 rings (SSSR count). The number of benzene rings is 1. The molecule has 1 aromatic carbocycles. The van der Waals surface area contributed by atoms with E-state index in [0.29, 0.717) is 6.42 Å². The Hall–Kier alpha value is -1.98. The van der Waals surface area contributed by atoms with Gasteiger partial charge in [-0.05, 0) is 12.5 Å². The van der Waals surface area contributed by atoms with Crippen LogP contribution >= 0.6 is 0 Å². The van der Waals surface area contributed by atoms with E-state index in [1.807, 2.05) is 0 Å². The summed E-state index contributed by atoms with van der Waals surface area (Å²) < 4.78 is 26.4. The number of aliphatic carboxylic acids is 1. The molecule has 0 aliphatic rings. The largest absolute Gasteiger partial charge is 0.480 e. The van der Waals surface area contributed by atoms with E-state index in [0.717, 1.165) is 11.0 Å². The standard InChI is InChI=1S/C13H15F2NO3/c1-2-6-16(8-12(18)19)11(17)7-9-4-3-5-10(14)13(9)15/h3-5H,2,6-8H2,1H3,(H,18,19). The van der Waals surface area contributed by atoms with Gasteiger partial charge >= 0.3 is 5.97 Å². The Morgan fingerprint density at radius 1 is 1.32 bits per heavy atom. The molecule has 0 fully saturated rings. The van der Waals surface area contributed by atoms with Crippen molar-refractivity contribution >= 4 is 11.9 Å². The van der Waals surface area contributed by atoms with Gasteiger partial charge in [-0.15, -0.1) is 0 Å². The number of carboxylic acids is 1. The van der Waals surface area contributed by atoms with Gasteiger partial charge in [0.15, 0.2) is 11.6 Å². The number of carboxylic acid groups (broad SMARTS) is 1. The number of nitrogens with zero attached hydrogens (tertiary/aromatic N) is 1. The van der Waals surface area contributed by atoms with Crippen molar-refractivity contribution in [3.05, 3.63) is 35.4 Å². The van der Waals surface area contributed by atoms with E-state index in [-0.39, 0.29) is 18.5 Å². The smallest absolute Gasteiger partial charge is 0.323 e. The van der Waals surface area contributed by atoms with Crippen LogP contribution in [0.5, 0.6) is 0 Å². The fourth-order valence-corrected chi connectivity index (χ4v) is 1.68. The van der Waals surface area contributed by atoms with Crippen LogP contribution in [0.1, 0.15) is 18.9 Å². The van der Waals surface area contributed by atoms with Crippen LogP contribution < -0.4 is 0 Å². The van der Waals surface area contributed by atoms with Crippen molar-refractivity contribution in [2.24, 2.45) is 0 Å². The van der Waals surface area contributed by atoms with Crippen molar-refractivity contribution in [2.75, 3.05) is 13.1 Å². The summed E-state index contributed by atoms with van der Waals surface area (Å²) in [6.07, 6.45) is 0.238. The highest BCUT2D eigenvalue weighted by Crippen LogP contribution is 2.13. The highest BCUT2D eigenvalue weighted by Gasteiger charge is 2.18. The number of carbonyl (C=O) groups is 2. The highest BCUT2D eigenvalue weighted by atomic mass is 19.2. The van der Waals surface area contributed by atoms with Crippen molar-refractivity contribution in [2.45, 2.75) is 19.8 Å². The van der Waals surface area contributed by atoms with Gasteiger partial charge in [-0.25, -0.2) is 8.78 Å². The molecule has 0 spiro atoms. The van der Waals surface area contributed by atoms with Crippen LogP contribution in [0, 0.1) is 11.6 Å². The number of amides is 1. The molecule has 4 nitrogen and oxygen atoms in total. The molecular weight excluding hydrogens is 256 g/mol. The summed E-state index contributed by atoms with van der Waals surface area (Å²) in [7, 11) is 0. The van der Waals surface area contributed by atoms with Gasteiger partial charge in [-0.1, -0.05) is 19.1 Å². The fourth-order valence-electron chi connectivity index (χ4n) is 1.68. The van der Waals surface area contributed by atoms with Gasteiger partial charge in [0, 0.05) is 12.1 Å². The zero-order valence-electron chi connectivity index (χ0n) is 10.5. The lowest BCUT2D eigenvalue weighted by Gasteiger charge is -2.20. The lowest BCUT2D eigenvalue weighted by molar-refractivity contribution is -0.144. The quantitative estimate of drug-likeness (QED) is 0.858. The molecule has 19 heavy (non-hydrogen) atoms. The summed E-state index contributed by atoms with van der Waals surface area (Å²) in [5.41, 5.74) is -0.0727. The van der Waals surface area contributed by atoms with Crippen LogP contribution in [0.3, 0.4) is 0 Å². The Balaban J connectivity index is 2.81. The second-order valence-electron chi connectivity index (χ2n) is 4.10. The minimum atomic E-state index is -1.14. The average Bonchev–Trinajstić information content (AvgIpc) is 2.34. The molecule has 1 amide bonds. The summed E-state index contributed by atoms with van der Waals surface area (Å²) in [6, 6.07) is 3.58. The van der Waals surface area contributed by atoms with E-state index < -0.39 is 30.1 Å². The van der Waals surface area contributed by atoms with E-state index >= 15 is 0 Å². The summed E-state index contributed by atoms with van der Waals surface area (Å²) in [5, 5.41) is 8.70. The molecule has 0 radical (unpaired) electrons. The number of hydrogen-bond acceptors (Lipinski definition) is 2. The first-order chi connectivity index (χ1) is 8.95. The van der Waals surface area contributed by atoms with Crippen LogP contribution in [-0.2, 0) is 16.0 Å². The highest BCUT2D eigenvalue weighted by molar-refractivity contribution is 5.83. The molecule has 0 aliphatic heterocycles. The van der Waals surface area contributed by atoms with Crippen LogP contribution in [-0.4, -0.2) is 35.0 Å². The first-order valence-electron chi connectivity index (χ1n) is 5.88. The van der Waals surface area contributed by atoms with Crippen molar-refractivity contribution in [3.8, 4) is 0 Å². The maximum absolute atomic E-state index is 13.4. The van der Waals surface area contributed by atoms with Gasteiger partial charge < -0.3 is 10.0 Å². The van der Waals surface area contributed by atoms with E-state index in [2.05, 4.69) is 0 Å². The monoisotopic (exact) mass is 271 g/mol. The Kier molecular flexibility index (Phi) is 5.41. The Morgan fingerprint density at radius 2 is 2.00 bits per heavy atom. The molecule has 0 saturated carbocycles. The Bertz CT molecular complexity index is 477. The Morgan fingerprint density at radius 3 is 2.58 bits per heavy atom. The number of carbonyl (C=O) groups excluding carboxylic acids is 1. The molecule has 1 N–H and O–H groups in total. The molecule has 0 bridgehead atoms. The van der Waals surface area contributed by atoms with E-state index in [4.69, 9.17) is 5.11 Å². The molecule has 0 aromatic heterocycles.